The minimum atomic E-state index is -3.91. The van der Waals surface area contributed by atoms with Crippen molar-refractivity contribution < 1.29 is 22.7 Å². The number of likely N-dealkylation sites (N-methyl/N-ethyl adjacent to an activating group) is 1. The highest BCUT2D eigenvalue weighted by atomic mass is 32.2. The van der Waals surface area contributed by atoms with Gasteiger partial charge in [0.15, 0.2) is 5.03 Å². The predicted octanol–water partition coefficient (Wildman–Crippen LogP) is 2.44. The Bertz CT molecular complexity index is 1180. The number of fused-ring (bicyclic) bond motifs is 1. The topological polar surface area (TPSA) is 106 Å². The number of ether oxygens (including phenoxy) is 2. The monoisotopic (exact) mass is 519 g/mol. The molecule has 1 amide bonds. The molecular formula is C25H37N5O5S. The summed E-state index contributed by atoms with van der Waals surface area (Å²) in [6.45, 7) is 7.02. The molecule has 1 fully saturated rings. The summed E-state index contributed by atoms with van der Waals surface area (Å²) >= 11 is 0. The molecule has 11 heteroatoms. The highest BCUT2D eigenvalue weighted by Gasteiger charge is 2.32. The summed E-state index contributed by atoms with van der Waals surface area (Å²) in [7, 11) is 1.20. The molecule has 3 atom stereocenters. The molecule has 2 aromatic rings. The van der Waals surface area contributed by atoms with E-state index in [0.717, 1.165) is 19.0 Å². The fourth-order valence-electron chi connectivity index (χ4n) is 4.54. The molecule has 1 aromatic carbocycles. The number of nitrogens with one attached hydrogen (secondary N) is 1. The Labute approximate surface area is 213 Å². The molecule has 0 unspecified atom stereocenters. The zero-order chi connectivity index (χ0) is 26.0. The molecule has 1 aliphatic carbocycles. The van der Waals surface area contributed by atoms with E-state index >= 15 is 0 Å². The van der Waals surface area contributed by atoms with Gasteiger partial charge in [-0.3, -0.25) is 14.4 Å². The third-order valence-electron chi connectivity index (χ3n) is 6.97. The van der Waals surface area contributed by atoms with Crippen molar-refractivity contribution in [1.29, 1.82) is 0 Å². The van der Waals surface area contributed by atoms with Crippen LogP contribution in [0.3, 0.4) is 0 Å². The average Bonchev–Trinajstić information content (AvgIpc) is 3.55. The van der Waals surface area contributed by atoms with E-state index in [1.807, 2.05) is 0 Å². The van der Waals surface area contributed by atoms with Crippen LogP contribution >= 0.6 is 0 Å². The van der Waals surface area contributed by atoms with Gasteiger partial charge in [0.2, 0.25) is 0 Å². The van der Waals surface area contributed by atoms with E-state index in [1.54, 1.807) is 42.8 Å². The second-order valence-corrected chi connectivity index (χ2v) is 11.8. The van der Waals surface area contributed by atoms with Crippen LogP contribution in [0.1, 0.15) is 37.0 Å². The van der Waals surface area contributed by atoms with Crippen LogP contribution < -0.4 is 9.46 Å². The number of amides is 1. The first-order chi connectivity index (χ1) is 17.1. The molecule has 0 radical (unpaired) electrons. The van der Waals surface area contributed by atoms with E-state index in [4.69, 9.17) is 9.47 Å². The second kappa shape index (κ2) is 10.8. The number of carbonyl (C=O) groups excluding carboxylic acids is 1. The van der Waals surface area contributed by atoms with Crippen molar-refractivity contribution >= 4 is 21.6 Å². The summed E-state index contributed by atoms with van der Waals surface area (Å²) in [4.78, 5) is 21.5. The maximum Gasteiger partial charge on any atom is 0.280 e. The minimum absolute atomic E-state index is 0.0982. The van der Waals surface area contributed by atoms with Crippen molar-refractivity contribution in [3.05, 3.63) is 36.3 Å². The van der Waals surface area contributed by atoms with Gasteiger partial charge in [-0.15, -0.1) is 0 Å². The standard InChI is InChI=1S/C25H37N5O5S/c1-17-11-30(12-19-6-7-19)18(2)15-35-22-9-8-20(27-36(32,33)24-14-28(3)16-26-24)10-21(22)25(31)29(4)13-23(17)34-5/h8-10,14,16-19,23,27H,6-7,11-13,15H2,1-5H3/t17-,18-,23+/m0/s1. The Morgan fingerprint density at radius 2 is 1.94 bits per heavy atom. The van der Waals surface area contributed by atoms with E-state index < -0.39 is 10.0 Å². The van der Waals surface area contributed by atoms with E-state index in [0.29, 0.717) is 24.5 Å². The van der Waals surface area contributed by atoms with Crippen molar-refractivity contribution in [2.75, 3.05) is 45.1 Å². The number of benzene rings is 1. The first-order valence-corrected chi connectivity index (χ1v) is 13.9. The SMILES string of the molecule is CO[C@@H]1CN(C)C(=O)c2cc(NS(=O)(=O)c3cn(C)cn3)ccc2OC[C@H](C)N(CC2CC2)C[C@@H]1C. The lowest BCUT2D eigenvalue weighted by Gasteiger charge is -2.36. The Balaban J connectivity index is 1.64. The molecule has 2 heterocycles. The highest BCUT2D eigenvalue weighted by Crippen LogP contribution is 2.32. The van der Waals surface area contributed by atoms with Gasteiger partial charge in [0.1, 0.15) is 12.4 Å². The van der Waals surface area contributed by atoms with E-state index in [2.05, 4.69) is 28.5 Å². The quantitative estimate of drug-likeness (QED) is 0.625. The fraction of sp³-hybridized carbons (Fsp3) is 0.600. The lowest BCUT2D eigenvalue weighted by Crippen LogP contribution is -2.47. The van der Waals surface area contributed by atoms with Crippen LogP contribution in [0, 0.1) is 11.8 Å². The van der Waals surface area contributed by atoms with Gasteiger partial charge in [-0.2, -0.15) is 8.42 Å². The number of sulfonamides is 1. The predicted molar refractivity (Wildman–Crippen MR) is 137 cm³/mol. The normalized spacial score (nSPS) is 24.4. The van der Waals surface area contributed by atoms with Gasteiger partial charge in [0.25, 0.3) is 15.9 Å². The van der Waals surface area contributed by atoms with Gasteiger partial charge < -0.3 is 18.9 Å². The van der Waals surface area contributed by atoms with Crippen molar-refractivity contribution in [2.45, 2.75) is 43.9 Å². The average molecular weight is 520 g/mol. The van der Waals surface area contributed by atoms with Crippen LogP contribution in [-0.4, -0.2) is 86.2 Å². The molecule has 0 spiro atoms. The fourth-order valence-corrected chi connectivity index (χ4v) is 5.57. The number of aryl methyl sites for hydroxylation is 1. The third kappa shape index (κ3) is 6.19. The maximum absolute atomic E-state index is 13.5. The molecule has 0 bridgehead atoms. The van der Waals surface area contributed by atoms with Gasteiger partial charge in [0, 0.05) is 58.8 Å². The molecule has 36 heavy (non-hydrogen) atoms. The second-order valence-electron chi connectivity index (χ2n) is 10.2. The third-order valence-corrected chi connectivity index (χ3v) is 8.24. The molecular weight excluding hydrogens is 482 g/mol. The van der Waals surface area contributed by atoms with Crippen LogP contribution in [0.4, 0.5) is 5.69 Å². The summed E-state index contributed by atoms with van der Waals surface area (Å²) in [6.07, 6.45) is 5.23. The number of rotatable bonds is 6. The molecule has 1 N–H and O–H groups in total. The Kier molecular flexibility index (Phi) is 7.91. The van der Waals surface area contributed by atoms with Crippen LogP contribution in [0.5, 0.6) is 5.75 Å². The van der Waals surface area contributed by atoms with E-state index in [1.165, 1.54) is 31.4 Å². The molecule has 198 valence electrons. The summed E-state index contributed by atoms with van der Waals surface area (Å²) < 4.78 is 41.6. The number of aromatic nitrogens is 2. The van der Waals surface area contributed by atoms with Crippen molar-refractivity contribution in [2.24, 2.45) is 18.9 Å². The number of nitrogens with zero attached hydrogens (tertiary/aromatic N) is 4. The number of hydrogen-bond acceptors (Lipinski definition) is 7. The van der Waals surface area contributed by atoms with Crippen molar-refractivity contribution in [3.63, 3.8) is 0 Å². The summed E-state index contributed by atoms with van der Waals surface area (Å²) in [5.74, 6) is 1.11. The number of methoxy groups -OCH3 is 1. The molecule has 10 nitrogen and oxygen atoms in total. The Hall–Kier alpha value is -2.63. The van der Waals surface area contributed by atoms with E-state index in [-0.39, 0.29) is 34.7 Å². The molecule has 2 aliphatic rings. The van der Waals surface area contributed by atoms with Gasteiger partial charge in [-0.05, 0) is 49.8 Å². The van der Waals surface area contributed by atoms with Crippen LogP contribution in [0.2, 0.25) is 0 Å². The Morgan fingerprint density at radius 3 is 2.58 bits per heavy atom. The first kappa shape index (κ1) is 26.4. The zero-order valence-corrected chi connectivity index (χ0v) is 22.5. The van der Waals surface area contributed by atoms with E-state index in [9.17, 15) is 13.2 Å². The number of anilines is 1. The number of imidazole rings is 1. The van der Waals surface area contributed by atoms with Gasteiger partial charge in [-0.25, -0.2) is 4.98 Å². The summed E-state index contributed by atoms with van der Waals surface area (Å²) in [6, 6.07) is 4.92. The number of carbonyl (C=O) groups is 1. The largest absolute Gasteiger partial charge is 0.491 e. The number of hydrogen-bond donors (Lipinski definition) is 1. The summed E-state index contributed by atoms with van der Waals surface area (Å²) in [5.41, 5.74) is 0.555. The lowest BCUT2D eigenvalue weighted by atomic mass is 10.0. The van der Waals surface area contributed by atoms with Crippen LogP contribution in [-0.2, 0) is 21.8 Å². The Morgan fingerprint density at radius 1 is 1.19 bits per heavy atom. The van der Waals surface area contributed by atoms with Gasteiger partial charge in [-0.1, -0.05) is 6.92 Å². The van der Waals surface area contributed by atoms with Crippen molar-refractivity contribution in [1.82, 2.24) is 19.4 Å². The molecule has 1 aromatic heterocycles. The first-order valence-electron chi connectivity index (χ1n) is 12.4. The highest BCUT2D eigenvalue weighted by molar-refractivity contribution is 7.92. The van der Waals surface area contributed by atoms with Gasteiger partial charge in [0.05, 0.1) is 18.0 Å². The maximum atomic E-state index is 13.5. The van der Waals surface area contributed by atoms with Gasteiger partial charge >= 0.3 is 0 Å². The van der Waals surface area contributed by atoms with Crippen LogP contribution in [0.15, 0.2) is 35.7 Å². The molecule has 0 saturated heterocycles. The van der Waals surface area contributed by atoms with Crippen molar-refractivity contribution in [3.8, 4) is 5.75 Å². The van der Waals surface area contributed by atoms with Crippen LogP contribution in [0.25, 0.3) is 0 Å². The lowest BCUT2D eigenvalue weighted by molar-refractivity contribution is 0.00994. The smallest absolute Gasteiger partial charge is 0.280 e. The minimum Gasteiger partial charge on any atom is -0.491 e. The molecule has 4 rings (SSSR count). The molecule has 1 aliphatic heterocycles. The molecule has 1 saturated carbocycles. The summed E-state index contributed by atoms with van der Waals surface area (Å²) in [5, 5.41) is -0.0982. The zero-order valence-electron chi connectivity index (χ0n) is 21.7.